The van der Waals surface area contributed by atoms with Crippen LogP contribution in [0.3, 0.4) is 0 Å². The van der Waals surface area contributed by atoms with Crippen LogP contribution in [0.5, 0.6) is 0 Å². The van der Waals surface area contributed by atoms with Crippen LogP contribution in [0.2, 0.25) is 0 Å². The molecule has 0 bridgehead atoms. The molecule has 2 aromatic carbocycles. The minimum absolute atomic E-state index is 0.0543. The topological polar surface area (TPSA) is 64.7 Å². The maximum Gasteiger partial charge on any atom is 0.313 e. The van der Waals surface area contributed by atoms with E-state index in [0.29, 0.717) is 0 Å². The van der Waals surface area contributed by atoms with Gasteiger partial charge in [0.15, 0.2) is 0 Å². The van der Waals surface area contributed by atoms with Gasteiger partial charge in [-0.2, -0.15) is 0 Å². The van der Waals surface area contributed by atoms with Crippen LogP contribution < -0.4 is 15.5 Å². The van der Waals surface area contributed by atoms with Crippen molar-refractivity contribution < 1.29 is 18.4 Å². The van der Waals surface area contributed by atoms with Gasteiger partial charge in [-0.25, -0.2) is 8.78 Å². The first-order valence-electron chi connectivity index (χ1n) is 10.5. The third-order valence-corrected chi connectivity index (χ3v) is 6.04. The van der Waals surface area contributed by atoms with Crippen molar-refractivity contribution in [3.05, 3.63) is 59.2 Å². The number of hydrogen-bond acceptors (Lipinski definition) is 4. The van der Waals surface area contributed by atoms with Crippen LogP contribution in [-0.2, 0) is 16.0 Å². The van der Waals surface area contributed by atoms with E-state index < -0.39 is 23.4 Å². The Bertz CT molecular complexity index is 992. The van der Waals surface area contributed by atoms with E-state index in [0.717, 1.165) is 62.7 Å². The van der Waals surface area contributed by atoms with Gasteiger partial charge in [0.1, 0.15) is 11.6 Å². The Morgan fingerprint density at radius 2 is 1.81 bits per heavy atom. The van der Waals surface area contributed by atoms with Crippen molar-refractivity contribution in [2.45, 2.75) is 25.3 Å². The molecular weight excluding hydrogens is 402 g/mol. The minimum Gasteiger partial charge on any atom is -0.374 e. The van der Waals surface area contributed by atoms with Crippen LogP contribution in [-0.4, -0.2) is 49.9 Å². The smallest absolute Gasteiger partial charge is 0.313 e. The second kappa shape index (κ2) is 9.01. The number of nitrogens with one attached hydrogen (secondary N) is 2. The van der Waals surface area contributed by atoms with Gasteiger partial charge in [-0.3, -0.25) is 14.5 Å². The van der Waals surface area contributed by atoms with E-state index in [4.69, 9.17) is 0 Å². The fourth-order valence-corrected chi connectivity index (χ4v) is 4.35. The number of nitrogens with zero attached hydrogens (tertiary/aromatic N) is 2. The predicted octanol–water partition coefficient (Wildman–Crippen LogP) is 2.85. The molecule has 2 N–H and O–H groups in total. The molecule has 0 spiro atoms. The van der Waals surface area contributed by atoms with Crippen molar-refractivity contribution in [2.24, 2.45) is 0 Å². The van der Waals surface area contributed by atoms with Gasteiger partial charge in [0, 0.05) is 31.9 Å². The molecule has 31 heavy (non-hydrogen) atoms. The van der Waals surface area contributed by atoms with Crippen molar-refractivity contribution in [3.8, 4) is 0 Å². The number of hydrogen-bond donors (Lipinski definition) is 2. The lowest BCUT2D eigenvalue weighted by atomic mass is 10.0. The maximum absolute atomic E-state index is 13.7. The number of carbonyl (C=O) groups is 2. The normalized spacial score (nSPS) is 16.8. The summed E-state index contributed by atoms with van der Waals surface area (Å²) >= 11 is 0. The predicted molar refractivity (Wildman–Crippen MR) is 115 cm³/mol. The van der Waals surface area contributed by atoms with E-state index in [-0.39, 0.29) is 18.3 Å². The summed E-state index contributed by atoms with van der Waals surface area (Å²) in [6, 6.07) is 9.02. The Balaban J connectivity index is 1.45. The van der Waals surface area contributed by atoms with Crippen LogP contribution in [0, 0.1) is 11.6 Å². The molecule has 0 saturated carbocycles. The van der Waals surface area contributed by atoms with E-state index in [1.165, 1.54) is 11.3 Å². The van der Waals surface area contributed by atoms with Crippen LogP contribution in [0.15, 0.2) is 36.4 Å². The molecule has 1 fully saturated rings. The number of amides is 2. The van der Waals surface area contributed by atoms with Crippen molar-refractivity contribution in [1.82, 2.24) is 10.2 Å². The fourth-order valence-electron chi connectivity index (χ4n) is 4.35. The van der Waals surface area contributed by atoms with Gasteiger partial charge in [0.05, 0.1) is 11.7 Å². The molecular formula is C23H26F2N4O2. The zero-order chi connectivity index (χ0) is 22.0. The molecule has 0 aliphatic carbocycles. The third kappa shape index (κ3) is 4.69. The Kier molecular flexibility index (Phi) is 6.18. The quantitative estimate of drug-likeness (QED) is 0.719. The van der Waals surface area contributed by atoms with Crippen molar-refractivity contribution in [1.29, 1.82) is 0 Å². The Morgan fingerprint density at radius 1 is 1.03 bits per heavy atom. The van der Waals surface area contributed by atoms with Gasteiger partial charge in [0.2, 0.25) is 0 Å². The SMILES string of the molecule is CN1CCc2cc([C@H](CNC(=O)C(=O)Nc3cc(F)ccc3F)N3CCCC3)ccc21. The summed E-state index contributed by atoms with van der Waals surface area (Å²) in [6.45, 7) is 3.10. The third-order valence-electron chi connectivity index (χ3n) is 6.04. The van der Waals surface area contributed by atoms with Gasteiger partial charge >= 0.3 is 11.8 Å². The highest BCUT2D eigenvalue weighted by atomic mass is 19.1. The van der Waals surface area contributed by atoms with Crippen LogP contribution in [0.25, 0.3) is 0 Å². The molecule has 6 nitrogen and oxygen atoms in total. The van der Waals surface area contributed by atoms with Crippen molar-refractivity contribution >= 4 is 23.2 Å². The summed E-state index contributed by atoms with van der Waals surface area (Å²) in [5.74, 6) is -3.41. The summed E-state index contributed by atoms with van der Waals surface area (Å²) in [5, 5.41) is 4.81. The van der Waals surface area contributed by atoms with Crippen molar-refractivity contribution in [2.75, 3.05) is 43.4 Å². The van der Waals surface area contributed by atoms with Gasteiger partial charge in [0.25, 0.3) is 0 Å². The Labute approximate surface area is 180 Å². The van der Waals surface area contributed by atoms with E-state index in [9.17, 15) is 18.4 Å². The second-order valence-corrected chi connectivity index (χ2v) is 8.11. The number of likely N-dealkylation sites (tertiary alicyclic amines) is 1. The number of halogens is 2. The Hall–Kier alpha value is -3.00. The molecule has 2 aliphatic rings. The highest BCUT2D eigenvalue weighted by Gasteiger charge is 2.27. The molecule has 8 heteroatoms. The summed E-state index contributed by atoms with van der Waals surface area (Å²) < 4.78 is 27.1. The Morgan fingerprint density at radius 3 is 2.58 bits per heavy atom. The molecule has 1 saturated heterocycles. The molecule has 1 atom stereocenters. The fraction of sp³-hybridized carbons (Fsp3) is 0.391. The average Bonchev–Trinajstić information content (AvgIpc) is 3.41. The summed E-state index contributed by atoms with van der Waals surface area (Å²) in [4.78, 5) is 29.1. The molecule has 2 heterocycles. The lowest BCUT2D eigenvalue weighted by Crippen LogP contribution is -2.41. The zero-order valence-electron chi connectivity index (χ0n) is 17.5. The molecule has 2 aliphatic heterocycles. The maximum atomic E-state index is 13.7. The molecule has 0 radical (unpaired) electrons. The highest BCUT2D eigenvalue weighted by Crippen LogP contribution is 2.32. The summed E-state index contributed by atoms with van der Waals surface area (Å²) in [5.41, 5.74) is 3.26. The molecule has 2 amide bonds. The van der Waals surface area contributed by atoms with Crippen LogP contribution in [0.4, 0.5) is 20.2 Å². The van der Waals surface area contributed by atoms with Gasteiger partial charge in [-0.05, 0) is 61.7 Å². The first kappa shape index (κ1) is 21.2. The minimum atomic E-state index is -1.03. The molecule has 2 aromatic rings. The van der Waals surface area contributed by atoms with Gasteiger partial charge < -0.3 is 15.5 Å². The standard InChI is InChI=1S/C23H26F2N4O2/c1-28-11-8-16-12-15(4-7-20(16)28)21(29-9-2-3-10-29)14-26-22(30)23(31)27-19-13-17(24)5-6-18(19)25/h4-7,12-13,21H,2-3,8-11,14H2,1H3,(H,26,30)(H,27,31)/t21-/m0/s1. The van der Waals surface area contributed by atoms with Gasteiger partial charge in [-0.15, -0.1) is 0 Å². The molecule has 4 rings (SSSR count). The first-order valence-corrected chi connectivity index (χ1v) is 10.5. The number of anilines is 2. The number of likely N-dealkylation sites (N-methyl/N-ethyl adjacent to an activating group) is 1. The zero-order valence-corrected chi connectivity index (χ0v) is 17.5. The van der Waals surface area contributed by atoms with E-state index in [1.807, 2.05) is 0 Å². The summed E-state index contributed by atoms with van der Waals surface area (Å²) in [6.07, 6.45) is 3.18. The first-order chi connectivity index (χ1) is 14.9. The lowest BCUT2D eigenvalue weighted by molar-refractivity contribution is -0.136. The number of carbonyl (C=O) groups excluding carboxylic acids is 2. The molecule has 0 unspecified atom stereocenters. The highest BCUT2D eigenvalue weighted by molar-refractivity contribution is 6.39. The number of benzene rings is 2. The number of fused-ring (bicyclic) bond motifs is 1. The largest absolute Gasteiger partial charge is 0.374 e. The monoisotopic (exact) mass is 428 g/mol. The average molecular weight is 428 g/mol. The summed E-state index contributed by atoms with van der Waals surface area (Å²) in [7, 11) is 2.07. The van der Waals surface area contributed by atoms with Crippen LogP contribution >= 0.6 is 0 Å². The second-order valence-electron chi connectivity index (χ2n) is 8.11. The van der Waals surface area contributed by atoms with E-state index >= 15 is 0 Å². The van der Waals surface area contributed by atoms with Gasteiger partial charge in [-0.1, -0.05) is 12.1 Å². The van der Waals surface area contributed by atoms with Crippen LogP contribution in [0.1, 0.15) is 30.0 Å². The molecule has 164 valence electrons. The molecule has 0 aromatic heterocycles. The van der Waals surface area contributed by atoms with E-state index in [2.05, 4.69) is 45.7 Å². The van der Waals surface area contributed by atoms with Crippen molar-refractivity contribution in [3.63, 3.8) is 0 Å². The number of rotatable bonds is 5. The lowest BCUT2D eigenvalue weighted by Gasteiger charge is -2.28. The van der Waals surface area contributed by atoms with E-state index in [1.54, 1.807) is 0 Å².